The number of nitrogens with one attached hydrogen (secondary N) is 1. The van der Waals surface area contributed by atoms with E-state index in [0.29, 0.717) is 24.5 Å². The van der Waals surface area contributed by atoms with Crippen LogP contribution in [0.3, 0.4) is 0 Å². The first-order valence-electron chi connectivity index (χ1n) is 13.0. The number of sulfonamides is 1. The van der Waals surface area contributed by atoms with Crippen molar-refractivity contribution in [3.8, 4) is 5.75 Å². The standard InChI is InChI=1S/C30H37N3O5S/c1-6-28(30(35)31-5)32(20-24-12-8-22(3)9-13-24)29(34)21-33(25-14-16-26(17-15-25)38-7-2)39(36,37)27-18-10-23(4)11-19-27/h8-19,28H,6-7,20-21H2,1-5H3,(H,31,35). The van der Waals surface area contributed by atoms with Crippen LogP contribution in [0.1, 0.15) is 37.0 Å². The second-order valence-corrected chi connectivity index (χ2v) is 11.2. The largest absolute Gasteiger partial charge is 0.494 e. The number of amides is 2. The highest BCUT2D eigenvalue weighted by Crippen LogP contribution is 2.27. The quantitative estimate of drug-likeness (QED) is 0.359. The second-order valence-electron chi connectivity index (χ2n) is 9.30. The molecule has 0 aliphatic carbocycles. The van der Waals surface area contributed by atoms with Gasteiger partial charge in [0.05, 0.1) is 17.2 Å². The molecule has 9 heteroatoms. The molecule has 0 aliphatic heterocycles. The van der Waals surface area contributed by atoms with Crippen LogP contribution in [0, 0.1) is 13.8 Å². The molecule has 1 N–H and O–H groups in total. The molecule has 0 aromatic heterocycles. The van der Waals surface area contributed by atoms with Gasteiger partial charge in [-0.15, -0.1) is 0 Å². The number of rotatable bonds is 12. The summed E-state index contributed by atoms with van der Waals surface area (Å²) in [5.41, 5.74) is 3.14. The van der Waals surface area contributed by atoms with Crippen LogP contribution in [0.25, 0.3) is 0 Å². The highest BCUT2D eigenvalue weighted by Gasteiger charge is 2.33. The van der Waals surface area contributed by atoms with Gasteiger partial charge in [0.15, 0.2) is 0 Å². The molecular weight excluding hydrogens is 514 g/mol. The number of hydrogen-bond donors (Lipinski definition) is 1. The molecule has 3 aromatic carbocycles. The van der Waals surface area contributed by atoms with Crippen molar-refractivity contribution in [2.75, 3.05) is 24.5 Å². The SMILES string of the molecule is CCOc1ccc(N(CC(=O)N(Cc2ccc(C)cc2)C(CC)C(=O)NC)S(=O)(=O)c2ccc(C)cc2)cc1. The highest BCUT2D eigenvalue weighted by atomic mass is 32.2. The molecule has 1 unspecified atom stereocenters. The van der Waals surface area contributed by atoms with Crippen molar-refractivity contribution in [2.45, 2.75) is 51.6 Å². The maximum atomic E-state index is 13.9. The van der Waals surface area contributed by atoms with E-state index in [0.717, 1.165) is 21.0 Å². The van der Waals surface area contributed by atoms with Crippen molar-refractivity contribution in [2.24, 2.45) is 0 Å². The van der Waals surface area contributed by atoms with Crippen molar-refractivity contribution < 1.29 is 22.7 Å². The Kier molecular flexibility index (Phi) is 10.1. The van der Waals surface area contributed by atoms with Crippen LogP contribution in [0.15, 0.2) is 77.7 Å². The number of hydrogen-bond acceptors (Lipinski definition) is 5. The minimum atomic E-state index is -4.12. The molecule has 0 heterocycles. The van der Waals surface area contributed by atoms with Gasteiger partial charge in [-0.3, -0.25) is 13.9 Å². The Balaban J connectivity index is 2.05. The normalized spacial score (nSPS) is 11.9. The van der Waals surface area contributed by atoms with E-state index in [-0.39, 0.29) is 17.3 Å². The van der Waals surface area contributed by atoms with Crippen LogP contribution in [-0.2, 0) is 26.2 Å². The van der Waals surface area contributed by atoms with Gasteiger partial charge < -0.3 is 15.0 Å². The van der Waals surface area contributed by atoms with Gasteiger partial charge in [-0.05, 0) is 69.2 Å². The first kappa shape index (κ1) is 29.7. The van der Waals surface area contributed by atoms with E-state index in [1.807, 2.05) is 52.0 Å². The summed E-state index contributed by atoms with van der Waals surface area (Å²) in [5, 5.41) is 2.63. The maximum absolute atomic E-state index is 13.9. The van der Waals surface area contributed by atoms with E-state index >= 15 is 0 Å². The third kappa shape index (κ3) is 7.38. The van der Waals surface area contributed by atoms with E-state index in [1.165, 1.54) is 24.1 Å². The van der Waals surface area contributed by atoms with Gasteiger partial charge >= 0.3 is 0 Å². The number of benzene rings is 3. The summed E-state index contributed by atoms with van der Waals surface area (Å²) in [6, 6.07) is 20.0. The van der Waals surface area contributed by atoms with Gasteiger partial charge in [-0.25, -0.2) is 8.42 Å². The van der Waals surface area contributed by atoms with Gasteiger partial charge in [0, 0.05) is 13.6 Å². The van der Waals surface area contributed by atoms with E-state index in [2.05, 4.69) is 5.32 Å². The first-order chi connectivity index (χ1) is 18.6. The van der Waals surface area contributed by atoms with Gasteiger partial charge in [0.1, 0.15) is 18.3 Å². The number of carbonyl (C=O) groups excluding carboxylic acids is 2. The Labute approximate surface area is 231 Å². The van der Waals surface area contributed by atoms with Gasteiger partial charge in [-0.2, -0.15) is 0 Å². The smallest absolute Gasteiger partial charge is 0.264 e. The Morgan fingerprint density at radius 3 is 1.95 bits per heavy atom. The fourth-order valence-electron chi connectivity index (χ4n) is 4.22. The molecule has 0 spiro atoms. The van der Waals surface area contributed by atoms with Crippen LogP contribution in [0.2, 0.25) is 0 Å². The fourth-order valence-corrected chi connectivity index (χ4v) is 5.63. The zero-order valence-corrected chi connectivity index (χ0v) is 24.0. The molecule has 0 aliphatic rings. The molecule has 0 radical (unpaired) electrons. The number of nitrogens with zero attached hydrogens (tertiary/aromatic N) is 2. The van der Waals surface area contributed by atoms with Crippen molar-refractivity contribution in [1.29, 1.82) is 0 Å². The Hall–Kier alpha value is -3.85. The third-order valence-electron chi connectivity index (χ3n) is 6.43. The monoisotopic (exact) mass is 551 g/mol. The molecule has 39 heavy (non-hydrogen) atoms. The Morgan fingerprint density at radius 2 is 1.44 bits per heavy atom. The summed E-state index contributed by atoms with van der Waals surface area (Å²) in [6.07, 6.45) is 0.366. The van der Waals surface area contributed by atoms with Crippen molar-refractivity contribution in [1.82, 2.24) is 10.2 Å². The third-order valence-corrected chi connectivity index (χ3v) is 8.22. The van der Waals surface area contributed by atoms with Gasteiger partial charge in [0.2, 0.25) is 11.8 Å². The summed E-state index contributed by atoms with van der Waals surface area (Å²) < 4.78 is 34.4. The minimum Gasteiger partial charge on any atom is -0.494 e. The predicted octanol–water partition coefficient (Wildman–Crippen LogP) is 4.45. The zero-order chi connectivity index (χ0) is 28.6. The number of likely N-dealkylation sites (N-methyl/N-ethyl adjacent to an activating group) is 1. The summed E-state index contributed by atoms with van der Waals surface area (Å²) in [6.45, 7) is 7.67. The van der Waals surface area contributed by atoms with Crippen molar-refractivity contribution in [3.05, 3.63) is 89.5 Å². The number of ether oxygens (including phenoxy) is 1. The molecule has 0 saturated carbocycles. The molecule has 0 saturated heterocycles. The summed E-state index contributed by atoms with van der Waals surface area (Å²) in [4.78, 5) is 28.2. The highest BCUT2D eigenvalue weighted by molar-refractivity contribution is 7.92. The summed E-state index contributed by atoms with van der Waals surface area (Å²) in [5.74, 6) is -0.213. The van der Waals surface area contributed by atoms with Crippen LogP contribution < -0.4 is 14.4 Å². The maximum Gasteiger partial charge on any atom is 0.264 e. The second kappa shape index (κ2) is 13.3. The number of carbonyl (C=O) groups is 2. The number of aryl methyl sites for hydroxylation is 2. The van der Waals surface area contributed by atoms with Crippen LogP contribution >= 0.6 is 0 Å². The fraction of sp³-hybridized carbons (Fsp3) is 0.333. The molecule has 0 bridgehead atoms. The molecule has 1 atom stereocenters. The zero-order valence-electron chi connectivity index (χ0n) is 23.2. The lowest BCUT2D eigenvalue weighted by Crippen LogP contribution is -2.51. The molecule has 0 fully saturated rings. The average Bonchev–Trinajstić information content (AvgIpc) is 2.93. The average molecular weight is 552 g/mol. The molecular formula is C30H37N3O5S. The molecule has 3 aromatic rings. The van der Waals surface area contributed by atoms with Crippen LogP contribution in [0.4, 0.5) is 5.69 Å². The lowest BCUT2D eigenvalue weighted by molar-refractivity contribution is -0.140. The summed E-state index contributed by atoms with van der Waals surface area (Å²) in [7, 11) is -2.60. The van der Waals surface area contributed by atoms with E-state index in [4.69, 9.17) is 4.74 Å². The molecule has 2 amide bonds. The topological polar surface area (TPSA) is 96.0 Å². The number of anilines is 1. The lowest BCUT2D eigenvalue weighted by atomic mass is 10.1. The molecule has 208 valence electrons. The van der Waals surface area contributed by atoms with Gasteiger partial charge in [-0.1, -0.05) is 54.4 Å². The first-order valence-corrected chi connectivity index (χ1v) is 14.4. The van der Waals surface area contributed by atoms with E-state index in [1.54, 1.807) is 36.4 Å². The Bertz CT molecular complexity index is 1360. The Morgan fingerprint density at radius 1 is 0.872 bits per heavy atom. The van der Waals surface area contributed by atoms with E-state index in [9.17, 15) is 18.0 Å². The van der Waals surface area contributed by atoms with Crippen molar-refractivity contribution >= 4 is 27.5 Å². The summed E-state index contributed by atoms with van der Waals surface area (Å²) >= 11 is 0. The van der Waals surface area contributed by atoms with Crippen molar-refractivity contribution in [3.63, 3.8) is 0 Å². The lowest BCUT2D eigenvalue weighted by Gasteiger charge is -2.33. The van der Waals surface area contributed by atoms with Crippen LogP contribution in [-0.4, -0.2) is 51.4 Å². The van der Waals surface area contributed by atoms with Crippen LogP contribution in [0.5, 0.6) is 5.75 Å². The molecule has 3 rings (SSSR count). The van der Waals surface area contributed by atoms with E-state index < -0.39 is 28.5 Å². The van der Waals surface area contributed by atoms with Gasteiger partial charge in [0.25, 0.3) is 10.0 Å². The predicted molar refractivity (Wildman–Crippen MR) is 153 cm³/mol. The molecule has 8 nitrogen and oxygen atoms in total. The minimum absolute atomic E-state index is 0.0678.